The molecule has 0 aromatic heterocycles. The summed E-state index contributed by atoms with van der Waals surface area (Å²) in [6, 6.07) is 13.9. The minimum atomic E-state index is -0.450. The molecular weight excluding hydrogens is 402 g/mol. The van der Waals surface area contributed by atoms with Gasteiger partial charge in [-0.05, 0) is 50.3 Å². The van der Waals surface area contributed by atoms with E-state index in [9.17, 15) is 14.4 Å². The molecule has 1 N–H and O–H groups in total. The zero-order valence-electron chi connectivity index (χ0n) is 19.3. The summed E-state index contributed by atoms with van der Waals surface area (Å²) in [5.74, 6) is -0.899. The smallest absolute Gasteiger partial charge is 0.295 e. The van der Waals surface area contributed by atoms with E-state index in [4.69, 9.17) is 0 Å². The third-order valence-corrected chi connectivity index (χ3v) is 5.92. The first-order valence-electron chi connectivity index (χ1n) is 11.3. The SMILES string of the molecule is Cc1cc(C)c(C(=O)C(=O)N2CCCN(CC(=O)NCCc3ccccc3)CC2)c(C)c1. The minimum Gasteiger partial charge on any atom is -0.355 e. The summed E-state index contributed by atoms with van der Waals surface area (Å²) < 4.78 is 0. The summed E-state index contributed by atoms with van der Waals surface area (Å²) in [6.07, 6.45) is 1.54. The van der Waals surface area contributed by atoms with Crippen LogP contribution in [0.1, 0.15) is 39.0 Å². The average molecular weight is 436 g/mol. The van der Waals surface area contributed by atoms with E-state index in [-0.39, 0.29) is 5.91 Å². The lowest BCUT2D eigenvalue weighted by molar-refractivity contribution is -0.126. The molecule has 6 heteroatoms. The molecule has 6 nitrogen and oxygen atoms in total. The number of aryl methyl sites for hydroxylation is 3. The van der Waals surface area contributed by atoms with Crippen LogP contribution < -0.4 is 5.32 Å². The van der Waals surface area contributed by atoms with Crippen LogP contribution in [0.15, 0.2) is 42.5 Å². The standard InChI is InChI=1S/C26H33N3O3/c1-19-16-20(2)24(21(3)17-19)25(31)26(32)29-13-7-12-28(14-15-29)18-23(30)27-11-10-22-8-5-4-6-9-22/h4-6,8-9,16-17H,7,10-15,18H2,1-3H3,(H,27,30). The predicted octanol–water partition coefficient (Wildman–Crippen LogP) is 2.69. The van der Waals surface area contributed by atoms with Gasteiger partial charge in [-0.15, -0.1) is 0 Å². The number of benzene rings is 2. The normalized spacial score (nSPS) is 14.7. The Morgan fingerprint density at radius 2 is 1.59 bits per heavy atom. The molecule has 1 heterocycles. The molecule has 32 heavy (non-hydrogen) atoms. The van der Waals surface area contributed by atoms with Crippen molar-refractivity contribution in [2.24, 2.45) is 0 Å². The van der Waals surface area contributed by atoms with E-state index in [0.29, 0.717) is 38.3 Å². The first-order chi connectivity index (χ1) is 15.3. The van der Waals surface area contributed by atoms with Crippen molar-refractivity contribution >= 4 is 17.6 Å². The van der Waals surface area contributed by atoms with Gasteiger partial charge in [0.05, 0.1) is 6.54 Å². The van der Waals surface area contributed by atoms with Crippen LogP contribution in [0.2, 0.25) is 0 Å². The first-order valence-corrected chi connectivity index (χ1v) is 11.3. The summed E-state index contributed by atoms with van der Waals surface area (Å²) in [7, 11) is 0. The molecule has 0 atom stereocenters. The largest absolute Gasteiger partial charge is 0.355 e. The predicted molar refractivity (Wildman–Crippen MR) is 126 cm³/mol. The maximum Gasteiger partial charge on any atom is 0.295 e. The number of hydrogen-bond donors (Lipinski definition) is 1. The molecule has 170 valence electrons. The number of rotatable bonds is 7. The van der Waals surface area contributed by atoms with Crippen LogP contribution in [0.5, 0.6) is 0 Å². The zero-order valence-corrected chi connectivity index (χ0v) is 19.3. The fourth-order valence-corrected chi connectivity index (χ4v) is 4.37. The van der Waals surface area contributed by atoms with Gasteiger partial charge < -0.3 is 10.2 Å². The van der Waals surface area contributed by atoms with Crippen molar-refractivity contribution in [1.82, 2.24) is 15.1 Å². The van der Waals surface area contributed by atoms with Gasteiger partial charge in [0.25, 0.3) is 11.7 Å². The Kier molecular flexibility index (Phi) is 8.17. The number of hydrogen-bond acceptors (Lipinski definition) is 4. The van der Waals surface area contributed by atoms with Crippen LogP contribution in [-0.2, 0) is 16.0 Å². The van der Waals surface area contributed by atoms with Gasteiger partial charge in [0.15, 0.2) is 0 Å². The van der Waals surface area contributed by atoms with Crippen molar-refractivity contribution in [2.45, 2.75) is 33.6 Å². The van der Waals surface area contributed by atoms with Gasteiger partial charge in [-0.1, -0.05) is 48.0 Å². The molecule has 0 bridgehead atoms. The number of nitrogens with zero attached hydrogens (tertiary/aromatic N) is 2. The molecule has 0 unspecified atom stereocenters. The van der Waals surface area contributed by atoms with Crippen LogP contribution >= 0.6 is 0 Å². The Bertz CT molecular complexity index is 949. The van der Waals surface area contributed by atoms with Crippen molar-refractivity contribution in [2.75, 3.05) is 39.3 Å². The Hall–Kier alpha value is -2.99. The van der Waals surface area contributed by atoms with Crippen molar-refractivity contribution < 1.29 is 14.4 Å². The molecule has 3 rings (SSSR count). The fourth-order valence-electron chi connectivity index (χ4n) is 4.37. The van der Waals surface area contributed by atoms with Gasteiger partial charge in [0.2, 0.25) is 5.91 Å². The number of nitrogens with one attached hydrogen (secondary N) is 1. The summed E-state index contributed by atoms with van der Waals surface area (Å²) in [5.41, 5.74) is 4.46. The summed E-state index contributed by atoms with van der Waals surface area (Å²) in [5, 5.41) is 2.97. The Morgan fingerprint density at radius 1 is 0.906 bits per heavy atom. The van der Waals surface area contributed by atoms with Crippen molar-refractivity contribution in [3.05, 3.63) is 70.3 Å². The molecular formula is C26H33N3O3. The first kappa shape index (κ1) is 23.7. The summed E-state index contributed by atoms with van der Waals surface area (Å²) in [6.45, 7) is 8.93. The third-order valence-electron chi connectivity index (χ3n) is 5.92. The number of Topliss-reactive ketones (excluding diaryl/α,β-unsaturated/α-hetero) is 1. The maximum absolute atomic E-state index is 12.9. The average Bonchev–Trinajstić information content (AvgIpc) is 2.98. The third kappa shape index (κ3) is 6.26. The van der Waals surface area contributed by atoms with Crippen LogP contribution in [0.25, 0.3) is 0 Å². The Balaban J connectivity index is 1.49. The van der Waals surface area contributed by atoms with Crippen molar-refractivity contribution in [1.29, 1.82) is 0 Å². The number of ketones is 1. The highest BCUT2D eigenvalue weighted by molar-refractivity contribution is 6.43. The van der Waals surface area contributed by atoms with Gasteiger partial charge in [-0.25, -0.2) is 0 Å². The number of carbonyl (C=O) groups is 3. The second kappa shape index (κ2) is 11.0. The van der Waals surface area contributed by atoms with Crippen molar-refractivity contribution in [3.63, 3.8) is 0 Å². The Labute approximate surface area is 190 Å². The highest BCUT2D eigenvalue weighted by Gasteiger charge is 2.28. The lowest BCUT2D eigenvalue weighted by atomic mass is 9.96. The molecule has 0 aliphatic carbocycles. The van der Waals surface area contributed by atoms with Gasteiger partial charge in [0.1, 0.15) is 0 Å². The van der Waals surface area contributed by atoms with Gasteiger partial charge in [-0.3, -0.25) is 19.3 Å². The summed E-state index contributed by atoms with van der Waals surface area (Å²) in [4.78, 5) is 41.9. The molecule has 1 saturated heterocycles. The van der Waals surface area contributed by atoms with Crippen LogP contribution in [0.4, 0.5) is 0 Å². The lowest BCUT2D eigenvalue weighted by Crippen LogP contribution is -2.42. The second-order valence-corrected chi connectivity index (χ2v) is 8.61. The number of carbonyl (C=O) groups excluding carboxylic acids is 3. The molecule has 1 fully saturated rings. The second-order valence-electron chi connectivity index (χ2n) is 8.61. The monoisotopic (exact) mass is 435 g/mol. The highest BCUT2D eigenvalue weighted by atomic mass is 16.2. The fraction of sp³-hybridized carbons (Fsp3) is 0.423. The molecule has 0 spiro atoms. The number of amides is 2. The molecule has 2 aromatic carbocycles. The van der Waals surface area contributed by atoms with Gasteiger partial charge >= 0.3 is 0 Å². The van der Waals surface area contributed by atoms with Gasteiger partial charge in [0, 0.05) is 38.3 Å². The van der Waals surface area contributed by atoms with E-state index in [0.717, 1.165) is 36.1 Å². The molecule has 1 aliphatic heterocycles. The molecule has 0 saturated carbocycles. The van der Waals surface area contributed by atoms with E-state index in [1.165, 1.54) is 5.56 Å². The molecule has 1 aliphatic rings. The Morgan fingerprint density at radius 3 is 2.28 bits per heavy atom. The molecule has 0 radical (unpaired) electrons. The van der Waals surface area contributed by atoms with E-state index < -0.39 is 11.7 Å². The minimum absolute atomic E-state index is 0.0114. The highest BCUT2D eigenvalue weighted by Crippen LogP contribution is 2.18. The molecule has 2 aromatic rings. The topological polar surface area (TPSA) is 69.7 Å². The van der Waals surface area contributed by atoms with E-state index in [1.807, 2.05) is 63.2 Å². The van der Waals surface area contributed by atoms with Crippen LogP contribution in [0, 0.1) is 20.8 Å². The van der Waals surface area contributed by atoms with E-state index >= 15 is 0 Å². The van der Waals surface area contributed by atoms with Crippen LogP contribution in [0.3, 0.4) is 0 Å². The van der Waals surface area contributed by atoms with Crippen LogP contribution in [-0.4, -0.2) is 66.7 Å². The maximum atomic E-state index is 12.9. The summed E-state index contributed by atoms with van der Waals surface area (Å²) >= 11 is 0. The van der Waals surface area contributed by atoms with E-state index in [1.54, 1.807) is 4.90 Å². The van der Waals surface area contributed by atoms with E-state index in [2.05, 4.69) is 10.2 Å². The quantitative estimate of drug-likeness (QED) is 0.536. The lowest BCUT2D eigenvalue weighted by Gasteiger charge is -2.22. The van der Waals surface area contributed by atoms with Gasteiger partial charge in [-0.2, -0.15) is 0 Å². The molecule has 2 amide bonds. The zero-order chi connectivity index (χ0) is 23.1. The van der Waals surface area contributed by atoms with Crippen molar-refractivity contribution in [3.8, 4) is 0 Å².